The molecule has 2 aliphatic heterocycles. The molecule has 0 unspecified atom stereocenters. The van der Waals surface area contributed by atoms with Gasteiger partial charge < -0.3 is 35.0 Å². The Hall–Kier alpha value is -9.25. The van der Waals surface area contributed by atoms with Crippen molar-refractivity contribution in [3.05, 3.63) is 280 Å². The lowest BCUT2D eigenvalue weighted by molar-refractivity contribution is -0.153. The van der Waals surface area contributed by atoms with E-state index in [-0.39, 0.29) is 36.1 Å². The number of nitrogens with zero attached hydrogens (tertiary/aromatic N) is 3. The summed E-state index contributed by atoms with van der Waals surface area (Å²) >= 11 is 2.64. The van der Waals surface area contributed by atoms with E-state index in [2.05, 4.69) is 52.3 Å². The zero-order chi connectivity index (χ0) is 55.3. The maximum absolute atomic E-state index is 15.4. The second-order valence-electron chi connectivity index (χ2n) is 18.5. The van der Waals surface area contributed by atoms with Crippen molar-refractivity contribution in [1.82, 2.24) is 20.5 Å². The van der Waals surface area contributed by atoms with Gasteiger partial charge in [0.05, 0.1) is 7.11 Å². The Morgan fingerprint density at radius 1 is 0.700 bits per heavy atom. The standard InChI is InChI=1S/C64H56N6O8S2/c1-3-65-62(74)76-40-22-23-45-42-79-59-55(58(72)70(59)56(45)60(73)77-41-44-36-38-52(75-2)39-37-44)67-57(71)54(69-78-64(49-30-16-7-17-31-49,50-32-18-8-19-33-50)51-34-20-9-21-35-51)53-43-80-61(66-53)68-63(46-24-10-4-11-25-46,47-26-12-5-13-27-47)48-28-14-6-15-29-48/h4-39,43,55,59H,3,40-42H2,1-2H3,(H,65,74)(H,66,68)(H,67,71)/b23-22-,69-54-/t55-,59-/m1/s1. The molecule has 0 saturated carbocycles. The van der Waals surface area contributed by atoms with Crippen LogP contribution in [0.3, 0.4) is 0 Å². The van der Waals surface area contributed by atoms with Crippen molar-refractivity contribution in [3.63, 3.8) is 0 Å². The largest absolute Gasteiger partial charge is 0.497 e. The van der Waals surface area contributed by atoms with Gasteiger partial charge in [0.25, 0.3) is 11.8 Å². The fourth-order valence-electron chi connectivity index (χ4n) is 9.79. The quantitative estimate of drug-likeness (QED) is 0.0206. The third-order valence-corrected chi connectivity index (χ3v) is 15.7. The van der Waals surface area contributed by atoms with Gasteiger partial charge in [-0.25, -0.2) is 14.6 Å². The number of anilines is 1. The molecule has 0 aliphatic carbocycles. The third-order valence-electron chi connectivity index (χ3n) is 13.6. The monoisotopic (exact) mass is 1100 g/mol. The van der Waals surface area contributed by atoms with Crippen LogP contribution in [0.15, 0.2) is 240 Å². The highest BCUT2D eigenvalue weighted by molar-refractivity contribution is 8.00. The molecule has 0 spiro atoms. The summed E-state index contributed by atoms with van der Waals surface area (Å²) in [4.78, 5) is 69.8. The molecule has 7 aromatic carbocycles. The highest BCUT2D eigenvalue weighted by Crippen LogP contribution is 2.44. The molecule has 1 fully saturated rings. The molecule has 0 radical (unpaired) electrons. The third kappa shape index (κ3) is 11.3. The molecule has 2 atom stereocenters. The van der Waals surface area contributed by atoms with Gasteiger partial charge in [0, 0.05) is 34.4 Å². The number of benzene rings is 7. The first-order valence-electron chi connectivity index (χ1n) is 25.9. The normalized spacial score (nSPS) is 15.3. The van der Waals surface area contributed by atoms with Gasteiger partial charge in [-0.15, -0.1) is 23.1 Å². The summed E-state index contributed by atoms with van der Waals surface area (Å²) in [7, 11) is 1.56. The number of rotatable bonds is 21. The van der Waals surface area contributed by atoms with Gasteiger partial charge >= 0.3 is 12.1 Å². The molecule has 16 heteroatoms. The number of esters is 1. The van der Waals surface area contributed by atoms with Gasteiger partial charge in [-0.1, -0.05) is 205 Å². The molecule has 3 amide bonds. The molecule has 80 heavy (non-hydrogen) atoms. The lowest BCUT2D eigenvalue weighted by Gasteiger charge is -2.49. The van der Waals surface area contributed by atoms with Crippen molar-refractivity contribution >= 4 is 57.8 Å². The fraction of sp³-hybridized carbons (Fsp3) is 0.156. The van der Waals surface area contributed by atoms with E-state index in [4.69, 9.17) is 29.2 Å². The number of nitrogens with one attached hydrogen (secondary N) is 3. The zero-order valence-electron chi connectivity index (χ0n) is 43.8. The van der Waals surface area contributed by atoms with Gasteiger partial charge in [0.1, 0.15) is 47.3 Å². The molecule has 1 saturated heterocycles. The summed E-state index contributed by atoms with van der Waals surface area (Å²) in [6, 6.07) is 65.2. The van der Waals surface area contributed by atoms with E-state index in [9.17, 15) is 14.4 Å². The number of carbonyl (C=O) groups is 4. The van der Waals surface area contributed by atoms with Gasteiger partial charge in [-0.05, 0) is 53.0 Å². The Morgan fingerprint density at radius 3 is 1.71 bits per heavy atom. The smallest absolute Gasteiger partial charge is 0.407 e. The molecule has 1 aromatic heterocycles. The van der Waals surface area contributed by atoms with Crippen LogP contribution in [0.1, 0.15) is 51.6 Å². The van der Waals surface area contributed by atoms with E-state index in [1.165, 1.54) is 28.0 Å². The number of oxime groups is 1. The Morgan fingerprint density at radius 2 is 1.21 bits per heavy atom. The number of methoxy groups -OCH3 is 1. The lowest BCUT2D eigenvalue weighted by Crippen LogP contribution is -2.71. The van der Waals surface area contributed by atoms with Crippen LogP contribution in [0.25, 0.3) is 0 Å². The summed E-state index contributed by atoms with van der Waals surface area (Å²) in [5.41, 5.74) is 3.86. The number of alkyl carbamates (subject to hydrolysis) is 1. The van der Waals surface area contributed by atoms with Crippen LogP contribution in [0.4, 0.5) is 9.93 Å². The number of fused-ring (bicyclic) bond motifs is 1. The van der Waals surface area contributed by atoms with Gasteiger partial charge in [-0.3, -0.25) is 14.5 Å². The number of hydrogen-bond donors (Lipinski definition) is 3. The first kappa shape index (κ1) is 54.1. The SMILES string of the molecule is CCNC(=O)OC/C=C\C1=C(C(=O)OCc2ccc(OC)cc2)N2C(=O)[C@@H](NC(=O)/C(=N\OC(c3ccccc3)(c3ccccc3)c3ccccc3)c3csc(NC(c4ccccc4)(c4ccccc4)c4ccccc4)n3)[C@H]2SC1. The highest BCUT2D eigenvalue weighted by Gasteiger charge is 2.55. The van der Waals surface area contributed by atoms with Crippen LogP contribution in [0, 0.1) is 0 Å². The second kappa shape index (κ2) is 25.0. The minimum atomic E-state index is -1.39. The molecular weight excluding hydrogens is 1040 g/mol. The van der Waals surface area contributed by atoms with Crippen LogP contribution in [0.2, 0.25) is 0 Å². The predicted molar refractivity (Wildman–Crippen MR) is 311 cm³/mol. The van der Waals surface area contributed by atoms with E-state index in [1.807, 2.05) is 146 Å². The summed E-state index contributed by atoms with van der Waals surface area (Å²) in [6.45, 7) is 1.99. The number of allylic oxidation sites excluding steroid dienone is 1. The van der Waals surface area contributed by atoms with Gasteiger partial charge in [-0.2, -0.15) is 0 Å². The van der Waals surface area contributed by atoms with Crippen LogP contribution in [-0.2, 0) is 46.4 Å². The maximum atomic E-state index is 15.4. The minimum Gasteiger partial charge on any atom is -0.497 e. The lowest BCUT2D eigenvalue weighted by atomic mass is 9.77. The average molecular weight is 1100 g/mol. The Labute approximate surface area is 472 Å². The van der Waals surface area contributed by atoms with E-state index in [1.54, 1.807) is 55.8 Å². The molecule has 3 N–H and O–H groups in total. The Kier molecular flexibility index (Phi) is 16.9. The number of ether oxygens (including phenoxy) is 3. The Bertz CT molecular complexity index is 3320. The maximum Gasteiger partial charge on any atom is 0.407 e. The number of amides is 3. The predicted octanol–water partition coefficient (Wildman–Crippen LogP) is 11.0. The number of thiazole rings is 1. The van der Waals surface area contributed by atoms with Crippen molar-refractivity contribution in [2.24, 2.45) is 5.16 Å². The van der Waals surface area contributed by atoms with Crippen LogP contribution in [0.5, 0.6) is 5.75 Å². The van der Waals surface area contributed by atoms with Crippen molar-refractivity contribution in [2.45, 2.75) is 36.1 Å². The number of carbonyl (C=O) groups excluding carboxylic acids is 4. The fourth-order valence-corrected chi connectivity index (χ4v) is 11.9. The summed E-state index contributed by atoms with van der Waals surface area (Å²) < 4.78 is 16.4. The number of aromatic nitrogens is 1. The van der Waals surface area contributed by atoms with E-state index in [0.717, 1.165) is 33.4 Å². The molecule has 3 heterocycles. The summed E-state index contributed by atoms with van der Waals surface area (Å²) in [5.74, 6) is -1.16. The first-order chi connectivity index (χ1) is 39.2. The van der Waals surface area contributed by atoms with E-state index in [0.29, 0.717) is 28.6 Å². The van der Waals surface area contributed by atoms with Crippen LogP contribution >= 0.6 is 23.1 Å². The van der Waals surface area contributed by atoms with Crippen molar-refractivity contribution in [3.8, 4) is 5.75 Å². The zero-order valence-corrected chi connectivity index (χ0v) is 45.4. The van der Waals surface area contributed by atoms with Crippen molar-refractivity contribution in [1.29, 1.82) is 0 Å². The molecule has 10 rings (SSSR count). The Balaban J connectivity index is 1.03. The van der Waals surface area contributed by atoms with Crippen LogP contribution in [-0.4, -0.2) is 76.9 Å². The number of β-lactam (4-membered cyclic amide) rings is 1. The van der Waals surface area contributed by atoms with Gasteiger partial charge in [0.2, 0.25) is 5.60 Å². The van der Waals surface area contributed by atoms with E-state index < -0.39 is 46.4 Å². The minimum absolute atomic E-state index is 0.0107. The topological polar surface area (TPSA) is 170 Å². The summed E-state index contributed by atoms with van der Waals surface area (Å²) in [5, 5.41) is 15.7. The van der Waals surface area contributed by atoms with Crippen molar-refractivity contribution in [2.75, 3.05) is 31.3 Å². The molecular formula is C64H56N6O8S2. The van der Waals surface area contributed by atoms with Crippen LogP contribution < -0.4 is 20.7 Å². The van der Waals surface area contributed by atoms with Gasteiger partial charge in [0.15, 0.2) is 10.8 Å². The molecule has 2 aliphatic rings. The summed E-state index contributed by atoms with van der Waals surface area (Å²) in [6.07, 6.45) is 2.64. The number of thioether (sulfide) groups is 1. The average Bonchev–Trinajstić information content (AvgIpc) is 3.78. The van der Waals surface area contributed by atoms with E-state index >= 15 is 4.79 Å². The van der Waals surface area contributed by atoms with Crippen molar-refractivity contribution < 1.29 is 38.2 Å². The molecule has 14 nitrogen and oxygen atoms in total. The second-order valence-corrected chi connectivity index (χ2v) is 20.5. The number of hydrogen-bond acceptors (Lipinski definition) is 13. The molecule has 0 bridgehead atoms. The molecule has 402 valence electrons. The first-order valence-corrected chi connectivity index (χ1v) is 27.9. The highest BCUT2D eigenvalue weighted by atomic mass is 32.2. The molecule has 8 aromatic rings.